The van der Waals surface area contributed by atoms with E-state index in [1.807, 2.05) is 42.8 Å². The molecule has 1 aromatic carbocycles. The van der Waals surface area contributed by atoms with Gasteiger partial charge in [0, 0.05) is 18.5 Å². The maximum atomic E-state index is 11.8. The number of carbonyl (C=O) groups excluding carboxylic acids is 1. The lowest BCUT2D eigenvalue weighted by Gasteiger charge is -2.05. The highest BCUT2D eigenvalue weighted by molar-refractivity contribution is 6.30. The smallest absolute Gasteiger partial charge is 0.220 e. The Labute approximate surface area is 123 Å². The highest BCUT2D eigenvalue weighted by atomic mass is 35.5. The molecule has 6 heteroatoms. The topological polar surface area (TPSA) is 59.8 Å². The Kier molecular flexibility index (Phi) is 4.74. The molecule has 0 fully saturated rings. The van der Waals surface area contributed by atoms with Crippen LogP contribution in [0.15, 0.2) is 24.3 Å². The van der Waals surface area contributed by atoms with Crippen molar-refractivity contribution in [2.24, 2.45) is 7.05 Å². The molecule has 0 unspecified atom stereocenters. The summed E-state index contributed by atoms with van der Waals surface area (Å²) in [5.41, 5.74) is 1.06. The largest absolute Gasteiger partial charge is 0.349 e. The third-order valence-corrected chi connectivity index (χ3v) is 3.39. The van der Waals surface area contributed by atoms with Gasteiger partial charge in [0.05, 0.1) is 6.54 Å². The minimum Gasteiger partial charge on any atom is -0.349 e. The van der Waals surface area contributed by atoms with Gasteiger partial charge in [0.25, 0.3) is 0 Å². The van der Waals surface area contributed by atoms with Crippen LogP contribution in [0.1, 0.15) is 23.6 Å². The van der Waals surface area contributed by atoms with E-state index in [1.54, 1.807) is 0 Å². The van der Waals surface area contributed by atoms with E-state index in [0.717, 1.165) is 17.2 Å². The molecule has 106 valence electrons. The zero-order valence-electron chi connectivity index (χ0n) is 11.6. The van der Waals surface area contributed by atoms with Crippen molar-refractivity contribution in [2.75, 3.05) is 0 Å². The lowest BCUT2D eigenvalue weighted by atomic mass is 10.1. The summed E-state index contributed by atoms with van der Waals surface area (Å²) in [6.07, 6.45) is 1.10. The van der Waals surface area contributed by atoms with Gasteiger partial charge in [-0.05, 0) is 31.0 Å². The number of nitrogens with one attached hydrogen (secondary N) is 1. The lowest BCUT2D eigenvalue weighted by Crippen LogP contribution is -2.24. The molecule has 0 saturated carbocycles. The van der Waals surface area contributed by atoms with E-state index >= 15 is 0 Å². The zero-order chi connectivity index (χ0) is 14.5. The second kappa shape index (κ2) is 6.52. The van der Waals surface area contributed by atoms with E-state index in [1.165, 1.54) is 0 Å². The second-order valence-corrected chi connectivity index (χ2v) is 5.07. The summed E-state index contributed by atoms with van der Waals surface area (Å²) in [4.78, 5) is 11.8. The van der Waals surface area contributed by atoms with Gasteiger partial charge in [0.1, 0.15) is 5.82 Å². The van der Waals surface area contributed by atoms with E-state index in [2.05, 4.69) is 15.5 Å². The van der Waals surface area contributed by atoms with Gasteiger partial charge >= 0.3 is 0 Å². The molecule has 20 heavy (non-hydrogen) atoms. The van der Waals surface area contributed by atoms with Crippen LogP contribution in [0.25, 0.3) is 0 Å². The van der Waals surface area contributed by atoms with Crippen LogP contribution in [-0.2, 0) is 24.8 Å². The third kappa shape index (κ3) is 3.81. The van der Waals surface area contributed by atoms with Gasteiger partial charge in [0.2, 0.25) is 5.91 Å². The van der Waals surface area contributed by atoms with E-state index in [0.29, 0.717) is 24.4 Å². The normalized spacial score (nSPS) is 10.6. The van der Waals surface area contributed by atoms with Gasteiger partial charge in [0.15, 0.2) is 5.82 Å². The quantitative estimate of drug-likeness (QED) is 0.917. The number of rotatable bonds is 5. The van der Waals surface area contributed by atoms with Crippen LogP contribution in [-0.4, -0.2) is 20.7 Å². The fourth-order valence-electron chi connectivity index (χ4n) is 1.82. The fourth-order valence-corrected chi connectivity index (χ4v) is 2.03. The molecule has 1 N–H and O–H groups in total. The average Bonchev–Trinajstić information content (AvgIpc) is 2.74. The number of benzene rings is 1. The van der Waals surface area contributed by atoms with E-state index in [9.17, 15) is 4.79 Å². The molecule has 0 aliphatic carbocycles. The molecule has 1 aromatic heterocycles. The summed E-state index contributed by atoms with van der Waals surface area (Å²) in [6.45, 7) is 2.27. The Hall–Kier alpha value is -1.88. The molecule has 0 radical (unpaired) electrons. The Morgan fingerprint density at radius 3 is 2.85 bits per heavy atom. The summed E-state index contributed by atoms with van der Waals surface area (Å²) in [7, 11) is 1.88. The van der Waals surface area contributed by atoms with Crippen molar-refractivity contribution >= 4 is 17.5 Å². The van der Waals surface area contributed by atoms with Crippen molar-refractivity contribution in [2.45, 2.75) is 26.3 Å². The molecule has 2 aromatic rings. The van der Waals surface area contributed by atoms with Gasteiger partial charge in [-0.1, -0.05) is 23.7 Å². The van der Waals surface area contributed by atoms with Crippen molar-refractivity contribution in [3.8, 4) is 0 Å². The highest BCUT2D eigenvalue weighted by Gasteiger charge is 2.07. The Balaban J connectivity index is 1.80. The number of nitrogens with zero attached hydrogens (tertiary/aromatic N) is 3. The van der Waals surface area contributed by atoms with Crippen LogP contribution >= 0.6 is 11.6 Å². The molecular weight excluding hydrogens is 276 g/mol. The molecule has 0 saturated heterocycles. The van der Waals surface area contributed by atoms with Gasteiger partial charge in [-0.2, -0.15) is 0 Å². The van der Waals surface area contributed by atoms with Crippen molar-refractivity contribution in [1.82, 2.24) is 20.1 Å². The first-order chi connectivity index (χ1) is 9.56. The van der Waals surface area contributed by atoms with Crippen LogP contribution < -0.4 is 5.32 Å². The van der Waals surface area contributed by atoms with Crippen LogP contribution in [0.3, 0.4) is 0 Å². The molecule has 2 rings (SSSR count). The predicted octanol–water partition coefficient (Wildman–Crippen LogP) is 2.03. The van der Waals surface area contributed by atoms with Gasteiger partial charge in [-0.15, -0.1) is 10.2 Å². The molecule has 1 amide bonds. The van der Waals surface area contributed by atoms with E-state index in [4.69, 9.17) is 11.6 Å². The fraction of sp³-hybridized carbons (Fsp3) is 0.357. The zero-order valence-corrected chi connectivity index (χ0v) is 12.3. The molecule has 0 spiro atoms. The lowest BCUT2D eigenvalue weighted by molar-refractivity contribution is -0.121. The highest BCUT2D eigenvalue weighted by Crippen LogP contribution is 2.12. The van der Waals surface area contributed by atoms with Gasteiger partial charge in [-0.3, -0.25) is 4.79 Å². The van der Waals surface area contributed by atoms with Crippen LogP contribution in [0.5, 0.6) is 0 Å². The van der Waals surface area contributed by atoms with Crippen molar-refractivity contribution in [3.63, 3.8) is 0 Å². The summed E-state index contributed by atoms with van der Waals surface area (Å²) < 4.78 is 1.86. The first-order valence-electron chi connectivity index (χ1n) is 6.42. The number of aryl methyl sites for hydroxylation is 2. The number of carbonyl (C=O) groups is 1. The van der Waals surface area contributed by atoms with Gasteiger partial charge in [-0.25, -0.2) is 0 Å². The minimum atomic E-state index is -0.00868. The number of amides is 1. The molecule has 0 atom stereocenters. The van der Waals surface area contributed by atoms with Crippen molar-refractivity contribution < 1.29 is 4.79 Å². The van der Waals surface area contributed by atoms with Crippen LogP contribution in [0.4, 0.5) is 0 Å². The maximum absolute atomic E-state index is 11.8. The Morgan fingerprint density at radius 2 is 2.20 bits per heavy atom. The summed E-state index contributed by atoms with van der Waals surface area (Å²) in [5, 5.41) is 11.5. The molecule has 5 nitrogen and oxygen atoms in total. The number of hydrogen-bond donors (Lipinski definition) is 1. The van der Waals surface area contributed by atoms with Crippen LogP contribution in [0, 0.1) is 6.92 Å². The predicted molar refractivity (Wildman–Crippen MR) is 77.4 cm³/mol. The average molecular weight is 293 g/mol. The van der Waals surface area contributed by atoms with E-state index < -0.39 is 0 Å². The third-order valence-electron chi connectivity index (χ3n) is 3.16. The first kappa shape index (κ1) is 14.5. The van der Waals surface area contributed by atoms with Crippen molar-refractivity contribution in [3.05, 3.63) is 46.5 Å². The molecule has 0 aliphatic rings. The number of aromatic nitrogens is 3. The first-order valence-corrected chi connectivity index (χ1v) is 6.80. The minimum absolute atomic E-state index is 0.00868. The summed E-state index contributed by atoms with van der Waals surface area (Å²) >= 11 is 5.90. The summed E-state index contributed by atoms with van der Waals surface area (Å²) in [5.74, 6) is 1.57. The molecule has 0 aliphatic heterocycles. The second-order valence-electron chi connectivity index (χ2n) is 4.63. The number of halogens is 1. The number of hydrogen-bond acceptors (Lipinski definition) is 3. The van der Waals surface area contributed by atoms with Crippen molar-refractivity contribution in [1.29, 1.82) is 0 Å². The molecule has 1 heterocycles. The Bertz CT molecular complexity index is 609. The Morgan fingerprint density at radius 1 is 1.40 bits per heavy atom. The monoisotopic (exact) mass is 292 g/mol. The van der Waals surface area contributed by atoms with Gasteiger partial charge < -0.3 is 9.88 Å². The summed E-state index contributed by atoms with van der Waals surface area (Å²) in [6, 6.07) is 7.55. The van der Waals surface area contributed by atoms with Crippen LogP contribution in [0.2, 0.25) is 5.02 Å². The molecule has 0 bridgehead atoms. The SMILES string of the molecule is Cc1nnc(CNC(=O)CCc2cccc(Cl)c2)n1C. The van der Waals surface area contributed by atoms with E-state index in [-0.39, 0.29) is 5.91 Å². The maximum Gasteiger partial charge on any atom is 0.220 e. The standard InChI is InChI=1S/C14H17ClN4O/c1-10-17-18-13(19(10)2)9-16-14(20)7-6-11-4-3-5-12(15)8-11/h3-5,8H,6-7,9H2,1-2H3,(H,16,20). The molecular formula is C14H17ClN4O.